The zero-order valence-corrected chi connectivity index (χ0v) is 10.0. The van der Waals surface area contributed by atoms with Crippen molar-refractivity contribution in [2.45, 2.75) is 39.4 Å². The molecular formula is C13H18O2. The molecule has 0 saturated carbocycles. The van der Waals surface area contributed by atoms with Crippen LogP contribution in [0.25, 0.3) is 0 Å². The Labute approximate surface area is 91.2 Å². The first-order chi connectivity index (χ1) is 6.95. The van der Waals surface area contributed by atoms with Gasteiger partial charge in [0.25, 0.3) is 0 Å². The minimum absolute atomic E-state index is 0.0344. The Morgan fingerprint density at radius 1 is 1.27 bits per heavy atom. The van der Waals surface area contributed by atoms with Gasteiger partial charge in [0.1, 0.15) is 11.9 Å². The van der Waals surface area contributed by atoms with Gasteiger partial charge in [-0.15, -0.1) is 0 Å². The first-order valence-corrected chi connectivity index (χ1v) is 5.28. The Hall–Kier alpha value is -1.02. The van der Waals surface area contributed by atoms with Crippen molar-refractivity contribution in [2.24, 2.45) is 0 Å². The van der Waals surface area contributed by atoms with E-state index in [1.165, 1.54) is 16.7 Å². The van der Waals surface area contributed by atoms with E-state index in [0.717, 1.165) is 5.75 Å². The quantitative estimate of drug-likeness (QED) is 0.693. The molecule has 2 nitrogen and oxygen atoms in total. The van der Waals surface area contributed by atoms with Crippen LogP contribution in [0.15, 0.2) is 12.1 Å². The van der Waals surface area contributed by atoms with Crippen molar-refractivity contribution in [3.05, 3.63) is 28.8 Å². The van der Waals surface area contributed by atoms with Gasteiger partial charge in [0, 0.05) is 5.56 Å². The van der Waals surface area contributed by atoms with Crippen LogP contribution in [0.3, 0.4) is 0 Å². The minimum atomic E-state index is -0.0344. The van der Waals surface area contributed by atoms with Gasteiger partial charge in [-0.05, 0) is 44.9 Å². The van der Waals surface area contributed by atoms with Gasteiger partial charge < -0.3 is 9.47 Å². The van der Waals surface area contributed by atoms with Gasteiger partial charge in [0.2, 0.25) is 0 Å². The molecule has 0 amide bonds. The molecule has 0 bridgehead atoms. The van der Waals surface area contributed by atoms with Crippen molar-refractivity contribution < 1.29 is 9.47 Å². The Morgan fingerprint density at radius 3 is 2.33 bits per heavy atom. The third-order valence-corrected chi connectivity index (χ3v) is 2.97. The molecule has 1 aliphatic rings. The van der Waals surface area contributed by atoms with Gasteiger partial charge in [-0.2, -0.15) is 0 Å². The molecule has 1 aromatic rings. The molecule has 0 radical (unpaired) electrons. The molecule has 15 heavy (non-hydrogen) atoms. The van der Waals surface area contributed by atoms with Crippen molar-refractivity contribution in [1.29, 1.82) is 0 Å². The van der Waals surface area contributed by atoms with Crippen LogP contribution in [-0.2, 0) is 4.74 Å². The van der Waals surface area contributed by atoms with Crippen molar-refractivity contribution in [1.82, 2.24) is 0 Å². The number of rotatable bonds is 2. The Bertz CT molecular complexity index is 394. The molecule has 1 heterocycles. The molecule has 1 atom stereocenters. The lowest BCUT2D eigenvalue weighted by Crippen LogP contribution is -2.02. The summed E-state index contributed by atoms with van der Waals surface area (Å²) in [5, 5.41) is 0. The van der Waals surface area contributed by atoms with Crippen LogP contribution < -0.4 is 4.74 Å². The van der Waals surface area contributed by atoms with E-state index in [4.69, 9.17) is 9.47 Å². The van der Waals surface area contributed by atoms with Gasteiger partial charge in [-0.1, -0.05) is 6.07 Å². The molecule has 0 N–H and O–H groups in total. The average molecular weight is 206 g/mol. The Balaban J connectivity index is 2.46. The third kappa shape index (κ3) is 1.74. The lowest BCUT2D eigenvalue weighted by atomic mass is 9.96. The summed E-state index contributed by atoms with van der Waals surface area (Å²) in [5.41, 5.74) is 3.65. The summed E-state index contributed by atoms with van der Waals surface area (Å²) >= 11 is 0. The molecule has 0 spiro atoms. The number of hydrogen-bond donors (Lipinski definition) is 0. The van der Waals surface area contributed by atoms with Crippen LogP contribution in [0.1, 0.15) is 36.6 Å². The van der Waals surface area contributed by atoms with Crippen molar-refractivity contribution in [3.63, 3.8) is 0 Å². The van der Waals surface area contributed by atoms with Crippen molar-refractivity contribution in [3.8, 4) is 5.75 Å². The predicted molar refractivity (Wildman–Crippen MR) is 60.4 cm³/mol. The minimum Gasteiger partial charge on any atom is -0.496 e. The Kier molecular flexibility index (Phi) is 2.27. The summed E-state index contributed by atoms with van der Waals surface area (Å²) in [5.74, 6) is 0.947. The number of ether oxygens (including phenoxy) is 2. The maximum absolute atomic E-state index is 5.67. The maximum Gasteiger partial charge on any atom is 0.125 e. The third-order valence-electron chi connectivity index (χ3n) is 2.97. The van der Waals surface area contributed by atoms with Crippen LogP contribution >= 0.6 is 0 Å². The lowest BCUT2D eigenvalue weighted by molar-refractivity contribution is 0.322. The van der Waals surface area contributed by atoms with Crippen LogP contribution in [0.2, 0.25) is 0 Å². The standard InChI is InChI=1S/C13H18O2/c1-8-6-9(2)11(10(7-8)14-5)12-13(3,4)15-12/h6-7,12H,1-5H3. The van der Waals surface area contributed by atoms with Gasteiger partial charge >= 0.3 is 0 Å². The molecule has 1 unspecified atom stereocenters. The fraction of sp³-hybridized carbons (Fsp3) is 0.538. The summed E-state index contributed by atoms with van der Waals surface area (Å²) in [7, 11) is 1.72. The summed E-state index contributed by atoms with van der Waals surface area (Å²) in [6.45, 7) is 8.41. The molecule has 82 valence electrons. The molecule has 0 aromatic heterocycles. The number of hydrogen-bond acceptors (Lipinski definition) is 2. The molecule has 1 aromatic carbocycles. The lowest BCUT2D eigenvalue weighted by Gasteiger charge is -2.11. The van der Waals surface area contributed by atoms with Crippen LogP contribution in [0, 0.1) is 13.8 Å². The normalized spacial score (nSPS) is 22.6. The number of benzene rings is 1. The van der Waals surface area contributed by atoms with Gasteiger partial charge in [0.05, 0.1) is 12.7 Å². The first-order valence-electron chi connectivity index (χ1n) is 5.28. The smallest absolute Gasteiger partial charge is 0.125 e. The monoisotopic (exact) mass is 206 g/mol. The molecule has 1 fully saturated rings. The first kappa shape index (κ1) is 10.5. The van der Waals surface area contributed by atoms with Crippen LogP contribution in [-0.4, -0.2) is 12.7 Å². The summed E-state index contributed by atoms with van der Waals surface area (Å²) in [6.07, 6.45) is 0.188. The van der Waals surface area contributed by atoms with E-state index in [1.807, 2.05) is 0 Å². The van der Waals surface area contributed by atoms with E-state index in [0.29, 0.717) is 0 Å². The van der Waals surface area contributed by atoms with Crippen LogP contribution in [0.5, 0.6) is 5.75 Å². The highest BCUT2D eigenvalue weighted by Crippen LogP contribution is 2.52. The second-order valence-corrected chi connectivity index (χ2v) is 4.80. The number of aryl methyl sites for hydroxylation is 2. The van der Waals surface area contributed by atoms with Crippen molar-refractivity contribution >= 4 is 0 Å². The maximum atomic E-state index is 5.67. The molecule has 1 saturated heterocycles. The topological polar surface area (TPSA) is 21.8 Å². The van der Waals surface area contributed by atoms with E-state index in [1.54, 1.807) is 7.11 Å². The van der Waals surface area contributed by atoms with E-state index >= 15 is 0 Å². The highest BCUT2D eigenvalue weighted by atomic mass is 16.6. The molecule has 2 rings (SSSR count). The van der Waals surface area contributed by atoms with Crippen LogP contribution in [0.4, 0.5) is 0 Å². The second kappa shape index (κ2) is 3.24. The fourth-order valence-electron chi connectivity index (χ4n) is 2.12. The molecule has 1 aliphatic heterocycles. The summed E-state index contributed by atoms with van der Waals surface area (Å²) in [6, 6.07) is 4.25. The van der Waals surface area contributed by atoms with E-state index in [2.05, 4.69) is 39.8 Å². The molecule has 2 heteroatoms. The largest absolute Gasteiger partial charge is 0.496 e. The van der Waals surface area contributed by atoms with Gasteiger partial charge in [-0.3, -0.25) is 0 Å². The highest BCUT2D eigenvalue weighted by Gasteiger charge is 2.50. The number of epoxide rings is 1. The van der Waals surface area contributed by atoms with E-state index < -0.39 is 0 Å². The zero-order chi connectivity index (χ0) is 11.2. The van der Waals surface area contributed by atoms with E-state index in [9.17, 15) is 0 Å². The predicted octanol–water partition coefficient (Wildman–Crippen LogP) is 3.16. The Morgan fingerprint density at radius 2 is 1.87 bits per heavy atom. The second-order valence-electron chi connectivity index (χ2n) is 4.80. The van der Waals surface area contributed by atoms with Gasteiger partial charge in [0.15, 0.2) is 0 Å². The molecular weight excluding hydrogens is 188 g/mol. The summed E-state index contributed by atoms with van der Waals surface area (Å²) in [4.78, 5) is 0. The SMILES string of the molecule is COc1cc(C)cc(C)c1C1OC1(C)C. The van der Waals surface area contributed by atoms with Gasteiger partial charge in [-0.25, -0.2) is 0 Å². The van der Waals surface area contributed by atoms with E-state index in [-0.39, 0.29) is 11.7 Å². The fourth-order valence-corrected chi connectivity index (χ4v) is 2.12. The highest BCUT2D eigenvalue weighted by molar-refractivity contribution is 5.47. The molecule has 0 aliphatic carbocycles. The average Bonchev–Trinajstić information content (AvgIpc) is 2.73. The zero-order valence-electron chi connectivity index (χ0n) is 10.0. The number of methoxy groups -OCH3 is 1. The summed E-state index contributed by atoms with van der Waals surface area (Å²) < 4.78 is 11.1. The van der Waals surface area contributed by atoms with Crippen molar-refractivity contribution in [2.75, 3.05) is 7.11 Å².